The van der Waals surface area contributed by atoms with Crippen LogP contribution in [0, 0.1) is 46.3 Å². The molecule has 1 aromatic rings. The Hall–Kier alpha value is -2.01. The summed E-state index contributed by atoms with van der Waals surface area (Å²) in [5.74, 6) is 10.1. The lowest BCUT2D eigenvalue weighted by Crippen LogP contribution is -2.53. The number of hydrogen-bond acceptors (Lipinski definition) is 2. The fourth-order valence-electron chi connectivity index (χ4n) is 7.84. The molecule has 30 heavy (non-hydrogen) atoms. The molecule has 4 aliphatic carbocycles. The molecule has 0 unspecified atom stereocenters. The number of hydrogen-bond donors (Lipinski definition) is 0. The maximum atomic E-state index is 10.8. The van der Waals surface area contributed by atoms with E-state index in [1.165, 1.54) is 44.1 Å². The smallest absolute Gasteiger partial charge is 0.293 e. The van der Waals surface area contributed by atoms with Gasteiger partial charge in [-0.25, -0.2) is 0 Å². The highest BCUT2D eigenvalue weighted by atomic mass is 16.5. The topological polar surface area (TPSA) is 26.3 Å². The summed E-state index contributed by atoms with van der Waals surface area (Å²) in [5, 5.41) is 0. The highest BCUT2D eigenvalue weighted by Crippen LogP contribution is 2.66. The molecule has 4 aliphatic rings. The number of allylic oxidation sites excluding steroid dienone is 2. The molecule has 5 rings (SSSR count). The molecule has 0 aliphatic heterocycles. The first-order valence-corrected chi connectivity index (χ1v) is 11.9. The van der Waals surface area contributed by atoms with Crippen LogP contribution in [0.25, 0.3) is 0 Å². The van der Waals surface area contributed by atoms with Crippen LogP contribution < -0.4 is 0 Å². The molecule has 158 valence electrons. The second-order valence-corrected chi connectivity index (χ2v) is 10.7. The molecule has 2 heteroatoms. The van der Waals surface area contributed by atoms with E-state index in [-0.39, 0.29) is 11.5 Å². The van der Waals surface area contributed by atoms with Crippen LogP contribution in [-0.4, -0.2) is 12.6 Å². The van der Waals surface area contributed by atoms with Crippen molar-refractivity contribution in [3.63, 3.8) is 0 Å². The number of carbonyl (C=O) groups is 1. The van der Waals surface area contributed by atoms with Crippen LogP contribution in [0.1, 0.15) is 70.8 Å². The van der Waals surface area contributed by atoms with Gasteiger partial charge < -0.3 is 4.74 Å². The van der Waals surface area contributed by atoms with E-state index in [0.29, 0.717) is 17.8 Å². The van der Waals surface area contributed by atoms with E-state index < -0.39 is 0 Å². The predicted molar refractivity (Wildman–Crippen MR) is 119 cm³/mol. The highest BCUT2D eigenvalue weighted by Gasteiger charge is 2.58. The Morgan fingerprint density at radius 3 is 2.63 bits per heavy atom. The zero-order valence-electron chi connectivity index (χ0n) is 18.4. The second kappa shape index (κ2) is 7.60. The largest absolute Gasteiger partial charge is 0.465 e. The van der Waals surface area contributed by atoms with Gasteiger partial charge in [0.1, 0.15) is 6.10 Å². The van der Waals surface area contributed by atoms with Gasteiger partial charge in [-0.1, -0.05) is 50.0 Å². The van der Waals surface area contributed by atoms with Gasteiger partial charge >= 0.3 is 0 Å². The van der Waals surface area contributed by atoms with Crippen LogP contribution >= 0.6 is 0 Å². The SMILES string of the molecule is C[C@]12CC[C@@H](OC=O)C[C@@H]1CC[C@@H]1[C@@H]2CC[C@]2(C)C(C#Cc3ccccc3)=CC[C@@H]12. The van der Waals surface area contributed by atoms with Crippen molar-refractivity contribution in [1.82, 2.24) is 0 Å². The van der Waals surface area contributed by atoms with Gasteiger partial charge in [0.2, 0.25) is 0 Å². The zero-order chi connectivity index (χ0) is 20.8. The van der Waals surface area contributed by atoms with Gasteiger partial charge in [0.15, 0.2) is 0 Å². The first-order valence-electron chi connectivity index (χ1n) is 11.9. The summed E-state index contributed by atoms with van der Waals surface area (Å²) in [6.07, 6.45) is 12.4. The van der Waals surface area contributed by atoms with Gasteiger partial charge in [-0.2, -0.15) is 0 Å². The zero-order valence-corrected chi connectivity index (χ0v) is 18.4. The minimum atomic E-state index is 0.152. The van der Waals surface area contributed by atoms with Crippen LogP contribution in [0.5, 0.6) is 0 Å². The first kappa shape index (κ1) is 19.9. The van der Waals surface area contributed by atoms with Crippen LogP contribution in [0.2, 0.25) is 0 Å². The summed E-state index contributed by atoms with van der Waals surface area (Å²) < 4.78 is 5.37. The monoisotopic (exact) mass is 402 g/mol. The molecule has 0 radical (unpaired) electrons. The van der Waals surface area contributed by atoms with Crippen molar-refractivity contribution in [3.8, 4) is 11.8 Å². The molecule has 7 atom stereocenters. The van der Waals surface area contributed by atoms with Gasteiger partial charge in [-0.3, -0.25) is 4.79 Å². The maximum Gasteiger partial charge on any atom is 0.293 e. The molecule has 0 heterocycles. The summed E-state index contributed by atoms with van der Waals surface area (Å²) in [6, 6.07) is 10.4. The average molecular weight is 403 g/mol. The Bertz CT molecular complexity index is 890. The van der Waals surface area contributed by atoms with E-state index in [1.54, 1.807) is 0 Å². The van der Waals surface area contributed by atoms with Crippen LogP contribution in [0.15, 0.2) is 42.0 Å². The van der Waals surface area contributed by atoms with Gasteiger partial charge in [0, 0.05) is 16.6 Å². The normalized spacial score (nSPS) is 41.9. The summed E-state index contributed by atoms with van der Waals surface area (Å²) in [6.45, 7) is 5.72. The maximum absolute atomic E-state index is 10.8. The van der Waals surface area contributed by atoms with E-state index in [0.717, 1.165) is 36.2 Å². The van der Waals surface area contributed by atoms with Crippen LogP contribution in [-0.2, 0) is 9.53 Å². The number of carbonyl (C=O) groups excluding carboxylic acids is 1. The molecule has 1 aromatic carbocycles. The molecule has 2 nitrogen and oxygen atoms in total. The number of rotatable bonds is 2. The molecule has 0 spiro atoms. The standard InChI is InChI=1S/C28H34O2/c1-27-17-15-26-24(12-10-22-18-23(30-19-29)14-16-28(22,26)2)25(27)13-11-21(27)9-8-20-6-4-3-5-7-20/h3-7,11,19,22-26H,10,12-18H2,1-2H3/t22-,23+,24-,25-,26-,27+,28-/m0/s1. The first-order chi connectivity index (χ1) is 14.5. The Balaban J connectivity index is 1.35. The minimum Gasteiger partial charge on any atom is -0.465 e. The predicted octanol–water partition coefficient (Wildman–Crippen LogP) is 6.16. The van der Waals surface area contributed by atoms with E-state index >= 15 is 0 Å². The van der Waals surface area contributed by atoms with Gasteiger partial charge in [0.05, 0.1) is 0 Å². The van der Waals surface area contributed by atoms with E-state index in [9.17, 15) is 4.79 Å². The van der Waals surface area contributed by atoms with E-state index in [1.807, 2.05) is 6.07 Å². The molecule has 0 saturated heterocycles. The third kappa shape index (κ3) is 3.13. The molecule has 3 saturated carbocycles. The lowest BCUT2D eigenvalue weighted by molar-refractivity contribution is -0.147. The van der Waals surface area contributed by atoms with Crippen molar-refractivity contribution in [3.05, 3.63) is 47.5 Å². The van der Waals surface area contributed by atoms with Crippen molar-refractivity contribution in [2.45, 2.75) is 71.3 Å². The lowest BCUT2D eigenvalue weighted by Gasteiger charge is -2.60. The second-order valence-electron chi connectivity index (χ2n) is 10.7. The summed E-state index contributed by atoms with van der Waals surface area (Å²) in [7, 11) is 0. The van der Waals surface area contributed by atoms with Gasteiger partial charge in [0.25, 0.3) is 6.47 Å². The Labute approximate surface area is 181 Å². The quantitative estimate of drug-likeness (QED) is 0.437. The number of ether oxygens (including phenoxy) is 1. The van der Waals surface area contributed by atoms with Crippen molar-refractivity contribution >= 4 is 6.47 Å². The average Bonchev–Trinajstić information content (AvgIpc) is 3.10. The fraction of sp³-hybridized carbons (Fsp3) is 0.607. The fourth-order valence-corrected chi connectivity index (χ4v) is 7.84. The number of fused-ring (bicyclic) bond motifs is 5. The van der Waals surface area contributed by atoms with Crippen LogP contribution in [0.4, 0.5) is 0 Å². The molecule has 0 N–H and O–H groups in total. The summed E-state index contributed by atoms with van der Waals surface area (Å²) >= 11 is 0. The molecular formula is C28H34O2. The molecule has 0 bridgehead atoms. The van der Waals surface area contributed by atoms with E-state index in [2.05, 4.69) is 56.0 Å². The molecule has 3 fully saturated rings. The molecule has 0 amide bonds. The van der Waals surface area contributed by atoms with Crippen molar-refractivity contribution in [2.75, 3.05) is 0 Å². The van der Waals surface area contributed by atoms with Crippen molar-refractivity contribution in [1.29, 1.82) is 0 Å². The van der Waals surface area contributed by atoms with Crippen molar-refractivity contribution < 1.29 is 9.53 Å². The lowest BCUT2D eigenvalue weighted by atomic mass is 9.44. The van der Waals surface area contributed by atoms with Gasteiger partial charge in [-0.15, -0.1) is 0 Å². The Morgan fingerprint density at radius 2 is 1.83 bits per heavy atom. The van der Waals surface area contributed by atoms with Crippen molar-refractivity contribution in [2.24, 2.45) is 34.5 Å². The summed E-state index contributed by atoms with van der Waals surface area (Å²) in [4.78, 5) is 10.8. The molecule has 0 aromatic heterocycles. The van der Waals surface area contributed by atoms with E-state index in [4.69, 9.17) is 4.74 Å². The highest BCUT2D eigenvalue weighted by molar-refractivity contribution is 5.45. The Morgan fingerprint density at radius 1 is 1.00 bits per heavy atom. The van der Waals surface area contributed by atoms with Gasteiger partial charge in [-0.05, 0) is 92.6 Å². The van der Waals surface area contributed by atoms with Crippen LogP contribution in [0.3, 0.4) is 0 Å². The number of benzene rings is 1. The third-order valence-corrected chi connectivity index (χ3v) is 9.56. The molecular weight excluding hydrogens is 368 g/mol. The minimum absolute atomic E-state index is 0.152. The Kier molecular flexibility index (Phi) is 5.04. The summed E-state index contributed by atoms with van der Waals surface area (Å²) in [5.41, 5.74) is 3.18. The third-order valence-electron chi connectivity index (χ3n) is 9.56.